The second-order valence-electron chi connectivity index (χ2n) is 6.58. The summed E-state index contributed by atoms with van der Waals surface area (Å²) in [6.07, 6.45) is 3.54. The Morgan fingerprint density at radius 1 is 1.32 bits per heavy atom. The highest BCUT2D eigenvalue weighted by molar-refractivity contribution is 8.26. The maximum Gasteiger partial charge on any atom is 0.263 e. The van der Waals surface area contributed by atoms with Crippen molar-refractivity contribution in [3.63, 3.8) is 0 Å². The van der Waals surface area contributed by atoms with Gasteiger partial charge in [0.05, 0.1) is 11.1 Å². The molecule has 0 spiro atoms. The first-order valence-corrected chi connectivity index (χ1v) is 8.97. The lowest BCUT2D eigenvalue weighted by atomic mass is 9.94. The fourth-order valence-electron chi connectivity index (χ4n) is 2.10. The van der Waals surface area contributed by atoms with Crippen molar-refractivity contribution < 1.29 is 13.9 Å². The van der Waals surface area contributed by atoms with Gasteiger partial charge in [0, 0.05) is 5.41 Å². The van der Waals surface area contributed by atoms with Gasteiger partial charge in [0.25, 0.3) is 5.91 Å². The molecule has 0 bridgehead atoms. The van der Waals surface area contributed by atoms with Gasteiger partial charge in [-0.2, -0.15) is 0 Å². The summed E-state index contributed by atoms with van der Waals surface area (Å²) in [7, 11) is 0. The fourth-order valence-corrected chi connectivity index (χ4v) is 3.15. The zero-order chi connectivity index (χ0) is 18.0. The van der Waals surface area contributed by atoms with Crippen molar-refractivity contribution in [3.8, 4) is 5.75 Å². The minimum Gasteiger partial charge on any atom is -0.484 e. The third-order valence-electron chi connectivity index (χ3n) is 3.47. The average molecular weight is 374 g/mol. The Balaban J connectivity index is 1.61. The van der Waals surface area contributed by atoms with E-state index in [9.17, 15) is 4.79 Å². The smallest absolute Gasteiger partial charge is 0.263 e. The van der Waals surface area contributed by atoms with E-state index in [2.05, 4.69) is 31.1 Å². The maximum atomic E-state index is 11.7. The lowest BCUT2D eigenvalue weighted by Crippen LogP contribution is -2.17. The molecule has 2 aromatic rings. The van der Waals surface area contributed by atoms with Crippen LogP contribution in [0.15, 0.2) is 39.8 Å². The monoisotopic (exact) mass is 374 g/mol. The topological polar surface area (TPSA) is 64.4 Å². The van der Waals surface area contributed by atoms with Gasteiger partial charge in [-0.3, -0.25) is 4.79 Å². The Kier molecular flexibility index (Phi) is 4.96. The first-order chi connectivity index (χ1) is 11.8. The molecule has 1 aromatic heterocycles. The molecule has 3 rings (SSSR count). The standard InChI is InChI=1S/C18H18N2O3S2/c1-18(2,3)14-9-19-15(23-14)10-22-12-6-4-11(5-7-12)8-13-16(21)20-17(24)25-13/h4-9H,10H2,1-3H3,(H,20,21,24)/b13-8+. The highest BCUT2D eigenvalue weighted by Crippen LogP contribution is 2.27. The molecular formula is C18H18N2O3S2. The Hall–Kier alpha value is -2.12. The number of nitrogens with one attached hydrogen (secondary N) is 1. The minimum atomic E-state index is -0.158. The third kappa shape index (κ3) is 4.49. The summed E-state index contributed by atoms with van der Waals surface area (Å²) in [5.74, 6) is 1.92. The van der Waals surface area contributed by atoms with Crippen LogP contribution >= 0.6 is 24.0 Å². The number of nitrogens with zero attached hydrogens (tertiary/aromatic N) is 1. The van der Waals surface area contributed by atoms with Crippen LogP contribution in [0.5, 0.6) is 5.75 Å². The molecule has 2 heterocycles. The number of thiocarbonyl (C=S) groups is 1. The quantitative estimate of drug-likeness (QED) is 0.644. The van der Waals surface area contributed by atoms with Crippen LogP contribution < -0.4 is 10.1 Å². The Labute approximate surface area is 155 Å². The average Bonchev–Trinajstić information content (AvgIpc) is 3.13. The van der Waals surface area contributed by atoms with E-state index >= 15 is 0 Å². The van der Waals surface area contributed by atoms with Gasteiger partial charge in [0.2, 0.25) is 5.89 Å². The molecule has 0 radical (unpaired) electrons. The maximum absolute atomic E-state index is 11.7. The summed E-state index contributed by atoms with van der Waals surface area (Å²) >= 11 is 6.24. The van der Waals surface area contributed by atoms with Crippen LogP contribution in [0.2, 0.25) is 0 Å². The molecule has 1 aliphatic rings. The molecule has 1 N–H and O–H groups in total. The van der Waals surface area contributed by atoms with Gasteiger partial charge in [-0.15, -0.1) is 0 Å². The molecule has 0 unspecified atom stereocenters. The Morgan fingerprint density at radius 3 is 2.60 bits per heavy atom. The number of amides is 1. The van der Waals surface area contributed by atoms with E-state index in [-0.39, 0.29) is 17.9 Å². The largest absolute Gasteiger partial charge is 0.484 e. The van der Waals surface area contributed by atoms with Crippen molar-refractivity contribution in [2.45, 2.75) is 32.8 Å². The molecule has 1 aliphatic heterocycles. The van der Waals surface area contributed by atoms with Crippen molar-refractivity contribution in [1.82, 2.24) is 10.3 Å². The number of rotatable bonds is 4. The molecule has 25 heavy (non-hydrogen) atoms. The Bertz CT molecular complexity index is 833. The summed E-state index contributed by atoms with van der Waals surface area (Å²) in [6, 6.07) is 7.45. The van der Waals surface area contributed by atoms with Crippen LogP contribution in [-0.2, 0) is 16.8 Å². The summed E-state index contributed by atoms with van der Waals surface area (Å²) in [5, 5.41) is 2.59. The zero-order valence-corrected chi connectivity index (χ0v) is 15.8. The van der Waals surface area contributed by atoms with E-state index in [0.717, 1.165) is 11.3 Å². The molecule has 1 fully saturated rings. The number of hydrogen-bond donors (Lipinski definition) is 1. The number of aromatic nitrogens is 1. The summed E-state index contributed by atoms with van der Waals surface area (Å²) in [4.78, 5) is 16.5. The lowest BCUT2D eigenvalue weighted by Gasteiger charge is -2.13. The number of ether oxygens (including phenoxy) is 1. The van der Waals surface area contributed by atoms with E-state index in [4.69, 9.17) is 21.4 Å². The van der Waals surface area contributed by atoms with Gasteiger partial charge < -0.3 is 14.5 Å². The second kappa shape index (κ2) is 7.01. The van der Waals surface area contributed by atoms with E-state index in [0.29, 0.717) is 20.9 Å². The highest BCUT2D eigenvalue weighted by atomic mass is 32.2. The number of carbonyl (C=O) groups excluding carboxylic acids is 1. The van der Waals surface area contributed by atoms with Crippen LogP contribution in [-0.4, -0.2) is 15.2 Å². The normalized spacial score (nSPS) is 16.4. The summed E-state index contributed by atoms with van der Waals surface area (Å²) < 4.78 is 11.9. The molecule has 1 saturated heterocycles. The molecule has 1 aromatic carbocycles. The predicted molar refractivity (Wildman–Crippen MR) is 102 cm³/mol. The van der Waals surface area contributed by atoms with Gasteiger partial charge >= 0.3 is 0 Å². The van der Waals surface area contributed by atoms with Gasteiger partial charge in [-0.1, -0.05) is 56.9 Å². The minimum absolute atomic E-state index is 0.0761. The van der Waals surface area contributed by atoms with E-state index in [1.807, 2.05) is 24.3 Å². The molecule has 0 saturated carbocycles. The lowest BCUT2D eigenvalue weighted by molar-refractivity contribution is -0.115. The zero-order valence-electron chi connectivity index (χ0n) is 14.2. The van der Waals surface area contributed by atoms with Gasteiger partial charge in [0.15, 0.2) is 6.61 Å². The van der Waals surface area contributed by atoms with E-state index in [1.165, 1.54) is 11.8 Å². The molecule has 0 aliphatic carbocycles. The number of hydrogen-bond acceptors (Lipinski definition) is 6. The van der Waals surface area contributed by atoms with E-state index in [1.54, 1.807) is 12.3 Å². The van der Waals surface area contributed by atoms with Crippen molar-refractivity contribution >= 4 is 40.3 Å². The van der Waals surface area contributed by atoms with Gasteiger partial charge in [0.1, 0.15) is 15.8 Å². The molecule has 130 valence electrons. The molecule has 0 atom stereocenters. The van der Waals surface area contributed by atoms with Crippen LogP contribution in [0.1, 0.15) is 38.0 Å². The van der Waals surface area contributed by atoms with Crippen LogP contribution in [0.4, 0.5) is 0 Å². The SMILES string of the molecule is CC(C)(C)c1cnc(COc2ccc(/C=C3/SC(=S)NC3=O)cc2)o1. The van der Waals surface area contributed by atoms with Crippen molar-refractivity contribution in [2.24, 2.45) is 0 Å². The number of benzene rings is 1. The summed E-state index contributed by atoms with van der Waals surface area (Å²) in [6.45, 7) is 6.48. The predicted octanol–water partition coefficient (Wildman–Crippen LogP) is 4.04. The van der Waals surface area contributed by atoms with E-state index < -0.39 is 0 Å². The fraction of sp³-hybridized carbons (Fsp3) is 0.278. The first kappa shape index (κ1) is 17.7. The second-order valence-corrected chi connectivity index (χ2v) is 8.30. The highest BCUT2D eigenvalue weighted by Gasteiger charge is 2.22. The van der Waals surface area contributed by atoms with Crippen molar-refractivity contribution in [2.75, 3.05) is 0 Å². The molecule has 5 nitrogen and oxygen atoms in total. The third-order valence-corrected chi connectivity index (χ3v) is 4.64. The molecular weight excluding hydrogens is 356 g/mol. The van der Waals surface area contributed by atoms with Gasteiger partial charge in [-0.25, -0.2) is 4.98 Å². The van der Waals surface area contributed by atoms with Crippen LogP contribution in [0.3, 0.4) is 0 Å². The van der Waals surface area contributed by atoms with Crippen molar-refractivity contribution in [1.29, 1.82) is 0 Å². The van der Waals surface area contributed by atoms with Gasteiger partial charge in [-0.05, 0) is 23.8 Å². The number of thioether (sulfide) groups is 1. The number of carbonyl (C=O) groups is 1. The Morgan fingerprint density at radius 2 is 2.04 bits per heavy atom. The molecule has 1 amide bonds. The molecule has 7 heteroatoms. The van der Waals surface area contributed by atoms with Crippen molar-refractivity contribution in [3.05, 3.63) is 52.6 Å². The van der Waals surface area contributed by atoms with Crippen LogP contribution in [0.25, 0.3) is 6.08 Å². The summed E-state index contributed by atoms with van der Waals surface area (Å²) in [5.41, 5.74) is 0.827. The van der Waals surface area contributed by atoms with Crippen LogP contribution in [0, 0.1) is 0 Å². The first-order valence-electron chi connectivity index (χ1n) is 7.74. The number of oxazole rings is 1.